The zero-order chi connectivity index (χ0) is 16.5. The molecule has 0 aromatic heterocycles. The number of amides is 1. The minimum Gasteiger partial charge on any atom is -0.495 e. The molecule has 0 aliphatic carbocycles. The first-order valence-corrected chi connectivity index (χ1v) is 6.98. The highest BCUT2D eigenvalue weighted by Gasteiger charge is 2.13. The van der Waals surface area contributed by atoms with Gasteiger partial charge in [-0.2, -0.15) is 5.26 Å². The maximum atomic E-state index is 12.2. The average molecular weight is 303 g/mol. The van der Waals surface area contributed by atoms with Crippen LogP contribution in [0.3, 0.4) is 0 Å². The van der Waals surface area contributed by atoms with Crippen LogP contribution in [0.1, 0.15) is 12.5 Å². The lowest BCUT2D eigenvalue weighted by molar-refractivity contribution is -0.112. The number of nitrogens with one attached hydrogen (secondary N) is 1. The van der Waals surface area contributed by atoms with Crippen LogP contribution in [-0.4, -0.2) is 42.7 Å². The summed E-state index contributed by atoms with van der Waals surface area (Å²) < 4.78 is 5.19. The minimum atomic E-state index is -0.511. The van der Waals surface area contributed by atoms with E-state index >= 15 is 0 Å². The van der Waals surface area contributed by atoms with Crippen molar-refractivity contribution in [3.8, 4) is 11.8 Å². The summed E-state index contributed by atoms with van der Waals surface area (Å²) in [6, 6.07) is 7.28. The second kappa shape index (κ2) is 8.70. The first-order valence-electron chi connectivity index (χ1n) is 6.98. The number of nitriles is 1. The summed E-state index contributed by atoms with van der Waals surface area (Å²) in [5, 5.41) is 20.8. The minimum absolute atomic E-state index is 0.0288. The molecule has 0 saturated carbocycles. The van der Waals surface area contributed by atoms with Crippen molar-refractivity contribution in [2.75, 3.05) is 32.1 Å². The van der Waals surface area contributed by atoms with Gasteiger partial charge >= 0.3 is 0 Å². The fourth-order valence-electron chi connectivity index (χ4n) is 1.87. The predicted molar refractivity (Wildman–Crippen MR) is 84.4 cm³/mol. The fraction of sp³-hybridized carbons (Fsp3) is 0.375. The van der Waals surface area contributed by atoms with Gasteiger partial charge in [-0.05, 0) is 31.5 Å². The molecule has 0 heterocycles. The van der Waals surface area contributed by atoms with Crippen molar-refractivity contribution in [1.29, 1.82) is 5.26 Å². The molecule has 6 heteroatoms. The third-order valence-electron chi connectivity index (χ3n) is 3.07. The van der Waals surface area contributed by atoms with Crippen LogP contribution < -0.4 is 10.1 Å². The van der Waals surface area contributed by atoms with Crippen LogP contribution in [0.15, 0.2) is 30.0 Å². The van der Waals surface area contributed by atoms with Gasteiger partial charge < -0.3 is 20.1 Å². The lowest BCUT2D eigenvalue weighted by atomic mass is 10.2. The van der Waals surface area contributed by atoms with Crippen LogP contribution in [0.2, 0.25) is 0 Å². The Bertz CT molecular complexity index is 591. The number of ether oxygens (including phenoxy) is 1. The maximum Gasteiger partial charge on any atom is 0.267 e. The van der Waals surface area contributed by atoms with Crippen LogP contribution in [0.4, 0.5) is 5.69 Å². The average Bonchev–Trinajstić information content (AvgIpc) is 2.51. The highest BCUT2D eigenvalue weighted by molar-refractivity contribution is 6.07. The number of methoxy groups -OCH3 is 1. The first kappa shape index (κ1) is 17.5. The van der Waals surface area contributed by atoms with Gasteiger partial charge in [0.15, 0.2) is 0 Å². The standard InChI is InChI=1S/C16H21N3O3/c1-4-19(7-8-20)11-13(10-17)16(21)18-14-9-12(2)5-6-15(14)22-3/h5-6,9,11,20H,4,7-8H2,1-3H3,(H,18,21)/b13-11-. The molecule has 0 fully saturated rings. The van der Waals surface area contributed by atoms with E-state index in [0.717, 1.165) is 5.56 Å². The summed E-state index contributed by atoms with van der Waals surface area (Å²) in [4.78, 5) is 13.9. The fourth-order valence-corrected chi connectivity index (χ4v) is 1.87. The van der Waals surface area contributed by atoms with Gasteiger partial charge in [-0.1, -0.05) is 6.07 Å². The van der Waals surface area contributed by atoms with E-state index < -0.39 is 5.91 Å². The van der Waals surface area contributed by atoms with Gasteiger partial charge in [0.05, 0.1) is 19.4 Å². The van der Waals surface area contributed by atoms with Gasteiger partial charge in [-0.25, -0.2) is 0 Å². The molecule has 0 spiro atoms. The van der Waals surface area contributed by atoms with E-state index in [1.54, 1.807) is 17.0 Å². The van der Waals surface area contributed by atoms with E-state index in [-0.39, 0.29) is 12.2 Å². The largest absolute Gasteiger partial charge is 0.495 e. The molecule has 0 saturated heterocycles. The van der Waals surface area contributed by atoms with Gasteiger partial charge in [0.1, 0.15) is 17.4 Å². The molecule has 118 valence electrons. The normalized spacial score (nSPS) is 10.8. The smallest absolute Gasteiger partial charge is 0.267 e. The number of anilines is 1. The Hall–Kier alpha value is -2.52. The van der Waals surface area contributed by atoms with Gasteiger partial charge in [0.2, 0.25) is 0 Å². The second-order valence-electron chi connectivity index (χ2n) is 4.66. The molecule has 0 bridgehead atoms. The van der Waals surface area contributed by atoms with Gasteiger partial charge in [0.25, 0.3) is 5.91 Å². The number of hydrogen-bond acceptors (Lipinski definition) is 5. The Kier molecular flexibility index (Phi) is 6.93. The molecule has 0 radical (unpaired) electrons. The van der Waals surface area contributed by atoms with Gasteiger partial charge in [-0.3, -0.25) is 4.79 Å². The van der Waals surface area contributed by atoms with Gasteiger partial charge in [-0.15, -0.1) is 0 Å². The van der Waals surface area contributed by atoms with Crippen LogP contribution >= 0.6 is 0 Å². The summed E-state index contributed by atoms with van der Waals surface area (Å²) >= 11 is 0. The second-order valence-corrected chi connectivity index (χ2v) is 4.66. The predicted octanol–water partition coefficient (Wildman–Crippen LogP) is 1.66. The zero-order valence-electron chi connectivity index (χ0n) is 13.1. The van der Waals surface area contributed by atoms with Crippen LogP contribution in [0, 0.1) is 18.3 Å². The summed E-state index contributed by atoms with van der Waals surface area (Å²) in [6.07, 6.45) is 1.45. The lowest BCUT2D eigenvalue weighted by Crippen LogP contribution is -2.24. The Morgan fingerprint density at radius 1 is 1.55 bits per heavy atom. The summed E-state index contributed by atoms with van der Waals surface area (Å²) in [5.41, 5.74) is 1.45. The van der Waals surface area contributed by atoms with Crippen molar-refractivity contribution in [3.63, 3.8) is 0 Å². The van der Waals surface area contributed by atoms with Crippen molar-refractivity contribution in [2.45, 2.75) is 13.8 Å². The van der Waals surface area contributed by atoms with E-state index in [0.29, 0.717) is 24.5 Å². The molecule has 0 aliphatic rings. The van der Waals surface area contributed by atoms with Crippen molar-refractivity contribution >= 4 is 11.6 Å². The molecule has 2 N–H and O–H groups in total. The molecular weight excluding hydrogens is 282 g/mol. The Morgan fingerprint density at radius 3 is 2.82 bits per heavy atom. The molecule has 1 amide bonds. The van der Waals surface area contributed by atoms with Crippen molar-refractivity contribution < 1.29 is 14.6 Å². The Morgan fingerprint density at radius 2 is 2.27 bits per heavy atom. The summed E-state index contributed by atoms with van der Waals surface area (Å²) in [7, 11) is 1.52. The number of aliphatic hydroxyl groups is 1. The third kappa shape index (κ3) is 4.79. The van der Waals surface area contributed by atoms with Crippen LogP contribution in [-0.2, 0) is 4.79 Å². The maximum absolute atomic E-state index is 12.2. The summed E-state index contributed by atoms with van der Waals surface area (Å²) in [6.45, 7) is 4.69. The number of benzene rings is 1. The zero-order valence-corrected chi connectivity index (χ0v) is 13.1. The molecule has 1 aromatic carbocycles. The molecule has 0 atom stereocenters. The molecule has 22 heavy (non-hydrogen) atoms. The van der Waals surface area contributed by atoms with E-state index in [2.05, 4.69) is 5.32 Å². The number of rotatable bonds is 7. The Balaban J connectivity index is 2.97. The van der Waals surface area contributed by atoms with Crippen molar-refractivity contribution in [1.82, 2.24) is 4.90 Å². The van der Waals surface area contributed by atoms with Crippen LogP contribution in [0.5, 0.6) is 5.75 Å². The van der Waals surface area contributed by atoms with E-state index in [1.165, 1.54) is 13.3 Å². The Labute approximate surface area is 130 Å². The monoisotopic (exact) mass is 303 g/mol. The number of nitrogens with zero attached hydrogens (tertiary/aromatic N) is 2. The molecule has 1 aromatic rings. The topological polar surface area (TPSA) is 85.6 Å². The lowest BCUT2D eigenvalue weighted by Gasteiger charge is -2.17. The molecule has 0 unspecified atom stereocenters. The third-order valence-corrected chi connectivity index (χ3v) is 3.07. The number of likely N-dealkylation sites (N-methyl/N-ethyl adjacent to an activating group) is 1. The number of carbonyl (C=O) groups excluding carboxylic acids is 1. The molecule has 1 rings (SSSR count). The van der Waals surface area contributed by atoms with E-state index in [1.807, 2.05) is 26.0 Å². The highest BCUT2D eigenvalue weighted by atomic mass is 16.5. The van der Waals surface area contributed by atoms with Gasteiger partial charge in [0, 0.05) is 19.3 Å². The number of aryl methyl sites for hydroxylation is 1. The van der Waals surface area contributed by atoms with E-state index in [4.69, 9.17) is 15.1 Å². The molecule has 0 aliphatic heterocycles. The number of carbonyl (C=O) groups is 1. The summed E-state index contributed by atoms with van der Waals surface area (Å²) in [5.74, 6) is 0.0155. The van der Waals surface area contributed by atoms with E-state index in [9.17, 15) is 4.79 Å². The number of hydrogen-bond donors (Lipinski definition) is 2. The van der Waals surface area contributed by atoms with Crippen LogP contribution in [0.25, 0.3) is 0 Å². The first-order chi connectivity index (χ1) is 10.5. The highest BCUT2D eigenvalue weighted by Crippen LogP contribution is 2.25. The van der Waals surface area contributed by atoms with Crippen molar-refractivity contribution in [3.05, 3.63) is 35.5 Å². The number of aliphatic hydroxyl groups excluding tert-OH is 1. The quantitative estimate of drug-likeness (QED) is 0.591. The molecule has 6 nitrogen and oxygen atoms in total. The van der Waals surface area contributed by atoms with Crippen molar-refractivity contribution in [2.24, 2.45) is 0 Å². The molecular formula is C16H21N3O3. The SMILES string of the molecule is CCN(/C=C(/C#N)C(=O)Nc1cc(C)ccc1OC)CCO.